The molecule has 1 fully saturated rings. The first-order valence-electron chi connectivity index (χ1n) is 10.4. The molecule has 0 spiro atoms. The van der Waals surface area contributed by atoms with Gasteiger partial charge in [0.2, 0.25) is 0 Å². The average molecular weight is 424 g/mol. The van der Waals surface area contributed by atoms with Gasteiger partial charge in [-0.1, -0.05) is 6.92 Å². The molecule has 1 amide bonds. The Balaban J connectivity index is 2.07. The van der Waals surface area contributed by atoms with Crippen molar-refractivity contribution in [2.75, 3.05) is 33.8 Å². The SMILES string of the molecule is CCCOc1ccc(/C(O)=C2/C(=O)C(=O)N(CCN(C)C)C2c2ccncc2)cc1C. The van der Waals surface area contributed by atoms with E-state index in [0.717, 1.165) is 23.3 Å². The summed E-state index contributed by atoms with van der Waals surface area (Å²) in [7, 11) is 3.81. The molecule has 0 radical (unpaired) electrons. The molecule has 164 valence electrons. The van der Waals surface area contributed by atoms with E-state index in [0.29, 0.717) is 25.3 Å². The van der Waals surface area contributed by atoms with Gasteiger partial charge in [0.25, 0.3) is 11.7 Å². The number of aliphatic hydroxyl groups is 1. The van der Waals surface area contributed by atoms with Crippen LogP contribution in [0.4, 0.5) is 0 Å². The standard InChI is InChI=1S/C24H29N3O4/c1-5-14-31-19-7-6-18(15-16(19)2)22(28)20-21(17-8-10-25-11-9-17)27(13-12-26(3)4)24(30)23(20)29/h6-11,15,21,28H,5,12-14H2,1-4H3/b22-20-. The Morgan fingerprint density at radius 3 is 2.52 bits per heavy atom. The first-order valence-corrected chi connectivity index (χ1v) is 10.4. The number of aliphatic hydroxyl groups excluding tert-OH is 1. The fraction of sp³-hybridized carbons (Fsp3) is 0.375. The van der Waals surface area contributed by atoms with Crippen LogP contribution in [0.25, 0.3) is 5.76 Å². The lowest BCUT2D eigenvalue weighted by Gasteiger charge is -2.26. The van der Waals surface area contributed by atoms with Crippen LogP contribution in [0.15, 0.2) is 48.3 Å². The highest BCUT2D eigenvalue weighted by Gasteiger charge is 2.45. The third kappa shape index (κ3) is 4.77. The second-order valence-corrected chi connectivity index (χ2v) is 7.91. The van der Waals surface area contributed by atoms with Gasteiger partial charge in [-0.25, -0.2) is 0 Å². The molecule has 3 rings (SSSR count). The molecule has 31 heavy (non-hydrogen) atoms. The Morgan fingerprint density at radius 1 is 1.19 bits per heavy atom. The number of Topliss-reactive ketones (excluding diaryl/α,β-unsaturated/α-hetero) is 1. The molecular formula is C24H29N3O4. The maximum Gasteiger partial charge on any atom is 0.295 e. The molecule has 1 aliphatic rings. The van der Waals surface area contributed by atoms with Crippen molar-refractivity contribution in [2.45, 2.75) is 26.3 Å². The first-order chi connectivity index (χ1) is 14.8. The number of hydrogen-bond donors (Lipinski definition) is 1. The van der Waals surface area contributed by atoms with Crippen molar-refractivity contribution in [3.05, 3.63) is 65.0 Å². The van der Waals surface area contributed by atoms with Crippen LogP contribution in [-0.2, 0) is 9.59 Å². The van der Waals surface area contributed by atoms with Crippen molar-refractivity contribution >= 4 is 17.4 Å². The molecule has 7 nitrogen and oxygen atoms in total. The number of benzene rings is 1. The molecule has 2 aromatic rings. The molecule has 1 unspecified atom stereocenters. The molecule has 7 heteroatoms. The molecule has 0 bridgehead atoms. The summed E-state index contributed by atoms with van der Waals surface area (Å²) < 4.78 is 5.71. The monoisotopic (exact) mass is 423 g/mol. The summed E-state index contributed by atoms with van der Waals surface area (Å²) in [5.41, 5.74) is 2.15. The third-order valence-electron chi connectivity index (χ3n) is 5.26. The minimum atomic E-state index is -0.679. The summed E-state index contributed by atoms with van der Waals surface area (Å²) in [6, 6.07) is 8.13. The molecule has 1 atom stereocenters. The van der Waals surface area contributed by atoms with E-state index in [1.807, 2.05) is 32.8 Å². The Labute approximate surface area is 183 Å². The van der Waals surface area contributed by atoms with Crippen LogP contribution in [0.2, 0.25) is 0 Å². The highest BCUT2D eigenvalue weighted by Crippen LogP contribution is 2.39. The minimum Gasteiger partial charge on any atom is -0.507 e. The van der Waals surface area contributed by atoms with Gasteiger partial charge in [0.1, 0.15) is 11.5 Å². The Morgan fingerprint density at radius 2 is 1.90 bits per heavy atom. The van der Waals surface area contributed by atoms with Gasteiger partial charge < -0.3 is 19.6 Å². The minimum absolute atomic E-state index is 0.0941. The molecule has 1 aliphatic heterocycles. The second-order valence-electron chi connectivity index (χ2n) is 7.91. The number of amides is 1. The summed E-state index contributed by atoms with van der Waals surface area (Å²) >= 11 is 0. The van der Waals surface area contributed by atoms with Gasteiger partial charge in [0.05, 0.1) is 18.2 Å². The van der Waals surface area contributed by atoms with E-state index >= 15 is 0 Å². The van der Waals surface area contributed by atoms with Crippen LogP contribution in [0.5, 0.6) is 5.75 Å². The van der Waals surface area contributed by atoms with Crippen LogP contribution in [0.3, 0.4) is 0 Å². The van der Waals surface area contributed by atoms with Crippen LogP contribution in [0, 0.1) is 6.92 Å². The molecule has 2 heterocycles. The van der Waals surface area contributed by atoms with Crippen LogP contribution >= 0.6 is 0 Å². The summed E-state index contributed by atoms with van der Waals surface area (Å²) in [5.74, 6) is -0.736. The van der Waals surface area contributed by atoms with E-state index in [-0.39, 0.29) is 11.3 Å². The summed E-state index contributed by atoms with van der Waals surface area (Å²) in [6.07, 6.45) is 4.13. The molecule has 0 aliphatic carbocycles. The second kappa shape index (κ2) is 9.75. The van der Waals surface area contributed by atoms with Gasteiger partial charge in [-0.2, -0.15) is 0 Å². The number of aryl methyl sites for hydroxylation is 1. The fourth-order valence-electron chi connectivity index (χ4n) is 3.64. The number of ketones is 1. The predicted octanol–water partition coefficient (Wildman–Crippen LogP) is 3.16. The van der Waals surface area contributed by atoms with E-state index in [9.17, 15) is 14.7 Å². The number of hydrogen-bond acceptors (Lipinski definition) is 6. The lowest BCUT2D eigenvalue weighted by molar-refractivity contribution is -0.140. The number of pyridine rings is 1. The smallest absolute Gasteiger partial charge is 0.295 e. The normalized spacial score (nSPS) is 18.1. The van der Waals surface area contributed by atoms with Crippen LogP contribution in [-0.4, -0.2) is 65.4 Å². The number of likely N-dealkylation sites (N-methyl/N-ethyl adjacent to an activating group) is 1. The number of nitrogens with zero attached hydrogens (tertiary/aromatic N) is 3. The quantitative estimate of drug-likeness (QED) is 0.399. The zero-order chi connectivity index (χ0) is 22.5. The number of aromatic nitrogens is 1. The number of ether oxygens (including phenoxy) is 1. The number of likely N-dealkylation sites (tertiary alicyclic amines) is 1. The zero-order valence-electron chi connectivity index (χ0n) is 18.5. The molecule has 1 aromatic carbocycles. The van der Waals surface area contributed by atoms with Gasteiger partial charge in [0.15, 0.2) is 0 Å². The molecule has 1 N–H and O–H groups in total. The largest absolute Gasteiger partial charge is 0.507 e. The zero-order valence-corrected chi connectivity index (χ0v) is 18.5. The van der Waals surface area contributed by atoms with E-state index < -0.39 is 17.7 Å². The molecule has 0 saturated carbocycles. The number of carbonyl (C=O) groups excluding carboxylic acids is 2. The van der Waals surface area contributed by atoms with E-state index in [1.54, 1.807) is 42.7 Å². The first kappa shape index (κ1) is 22.5. The van der Waals surface area contributed by atoms with Crippen LogP contribution < -0.4 is 4.74 Å². The van der Waals surface area contributed by atoms with Crippen molar-refractivity contribution in [1.29, 1.82) is 0 Å². The van der Waals surface area contributed by atoms with E-state index in [4.69, 9.17) is 4.74 Å². The Bertz CT molecular complexity index is 986. The van der Waals surface area contributed by atoms with Gasteiger partial charge in [-0.3, -0.25) is 14.6 Å². The van der Waals surface area contributed by atoms with Gasteiger partial charge in [-0.05, 0) is 68.9 Å². The van der Waals surface area contributed by atoms with Gasteiger partial charge in [-0.15, -0.1) is 0 Å². The van der Waals surface area contributed by atoms with Gasteiger partial charge >= 0.3 is 0 Å². The molecular weight excluding hydrogens is 394 g/mol. The summed E-state index contributed by atoms with van der Waals surface area (Å²) in [5, 5.41) is 11.1. The predicted molar refractivity (Wildman–Crippen MR) is 119 cm³/mol. The lowest BCUT2D eigenvalue weighted by Crippen LogP contribution is -2.35. The number of rotatable bonds is 8. The van der Waals surface area contributed by atoms with Crippen LogP contribution in [0.1, 0.15) is 36.1 Å². The van der Waals surface area contributed by atoms with Crippen molar-refractivity contribution in [3.63, 3.8) is 0 Å². The topological polar surface area (TPSA) is 83.0 Å². The number of carbonyl (C=O) groups is 2. The van der Waals surface area contributed by atoms with Crippen molar-refractivity contribution in [2.24, 2.45) is 0 Å². The Hall–Kier alpha value is -3.19. The Kier molecular flexibility index (Phi) is 7.07. The fourth-order valence-corrected chi connectivity index (χ4v) is 3.64. The third-order valence-corrected chi connectivity index (χ3v) is 5.26. The van der Waals surface area contributed by atoms with Crippen molar-refractivity contribution in [3.8, 4) is 5.75 Å². The lowest BCUT2D eigenvalue weighted by atomic mass is 9.95. The summed E-state index contributed by atoms with van der Waals surface area (Å²) in [6.45, 7) is 5.48. The van der Waals surface area contributed by atoms with Crippen molar-refractivity contribution in [1.82, 2.24) is 14.8 Å². The highest BCUT2D eigenvalue weighted by atomic mass is 16.5. The average Bonchev–Trinajstić information content (AvgIpc) is 3.01. The van der Waals surface area contributed by atoms with Gasteiger partial charge in [0, 0.05) is 31.0 Å². The highest BCUT2D eigenvalue weighted by molar-refractivity contribution is 6.46. The molecule has 1 saturated heterocycles. The summed E-state index contributed by atoms with van der Waals surface area (Å²) in [4.78, 5) is 33.4. The maximum atomic E-state index is 13.0. The maximum absolute atomic E-state index is 13.0. The van der Waals surface area contributed by atoms with E-state index in [2.05, 4.69) is 4.98 Å². The molecule has 1 aromatic heterocycles. The van der Waals surface area contributed by atoms with E-state index in [1.165, 1.54) is 4.90 Å². The van der Waals surface area contributed by atoms with Crippen molar-refractivity contribution < 1.29 is 19.4 Å².